The van der Waals surface area contributed by atoms with E-state index in [-0.39, 0.29) is 5.92 Å². The van der Waals surface area contributed by atoms with Gasteiger partial charge in [0.15, 0.2) is 5.66 Å². The predicted molar refractivity (Wildman–Crippen MR) is 265 cm³/mol. The van der Waals surface area contributed by atoms with Crippen LogP contribution >= 0.6 is 0 Å². The van der Waals surface area contributed by atoms with E-state index in [0.29, 0.717) is 0 Å². The average Bonchev–Trinajstić information content (AvgIpc) is 3.32. The van der Waals surface area contributed by atoms with Crippen molar-refractivity contribution in [3.05, 3.63) is 254 Å². The quantitative estimate of drug-likeness (QED) is 0.0901. The van der Waals surface area contributed by atoms with Gasteiger partial charge in [-0.3, -0.25) is 0 Å². The maximum absolute atomic E-state index is 2.52. The molecule has 292 valence electrons. The van der Waals surface area contributed by atoms with Crippen molar-refractivity contribution in [3.63, 3.8) is 0 Å². The molecule has 62 heavy (non-hydrogen) atoms. The molecule has 0 unspecified atom stereocenters. The number of nitrogens with zero attached hydrogens (tertiary/aromatic N) is 2. The molecular formula is C60H42N2. The van der Waals surface area contributed by atoms with Crippen molar-refractivity contribution in [2.24, 2.45) is 0 Å². The Labute approximate surface area is 361 Å². The minimum Gasteiger partial charge on any atom is -0.311 e. The lowest BCUT2D eigenvalue weighted by Gasteiger charge is -2.51. The van der Waals surface area contributed by atoms with Crippen LogP contribution in [0.5, 0.6) is 0 Å². The molecule has 1 aliphatic rings. The molecule has 0 saturated carbocycles. The maximum atomic E-state index is 2.52. The molecule has 11 aromatic carbocycles. The summed E-state index contributed by atoms with van der Waals surface area (Å²) in [6.07, 6.45) is 9.64. The minimum absolute atomic E-state index is 0.121. The Morgan fingerprint density at radius 3 is 0.952 bits per heavy atom. The molecular weight excluding hydrogens is 749 g/mol. The second kappa shape index (κ2) is 14.7. The Morgan fingerprint density at radius 2 is 0.565 bits per heavy atom. The van der Waals surface area contributed by atoms with Crippen LogP contribution in [0.3, 0.4) is 0 Å². The normalized spacial score (nSPS) is 13.7. The molecule has 0 amide bonds. The zero-order valence-corrected chi connectivity index (χ0v) is 34.1. The number of allylic oxidation sites excluding steroid dienone is 2. The van der Waals surface area contributed by atoms with E-state index in [1.54, 1.807) is 0 Å². The van der Waals surface area contributed by atoms with Crippen LogP contribution in [-0.2, 0) is 0 Å². The standard InChI is InChI=1S/C60H42N2/c1-4-14-42(15-5-1)43-28-30-60(31-29-43,61(56-20-6-2-7-21-56)58-26-24-48-36-50-32-44-16-10-12-18-46(44)34-52(50)38-54(48)40-58)62(57-22-8-3-9-23-57)59-27-25-49-37-51-33-45-17-11-13-19-47(45)35-53(51)39-55(49)41-59/h1-41,43H. The van der Waals surface area contributed by atoms with E-state index in [1.165, 1.54) is 70.2 Å². The van der Waals surface area contributed by atoms with E-state index in [0.717, 1.165) is 22.7 Å². The van der Waals surface area contributed by atoms with Crippen molar-refractivity contribution in [2.45, 2.75) is 11.6 Å². The van der Waals surface area contributed by atoms with Crippen LogP contribution in [0.2, 0.25) is 0 Å². The second-order valence-electron chi connectivity index (χ2n) is 16.6. The number of hydrogen-bond acceptors (Lipinski definition) is 2. The summed E-state index contributed by atoms with van der Waals surface area (Å²) in [6, 6.07) is 82.5. The molecule has 0 bridgehead atoms. The zero-order valence-electron chi connectivity index (χ0n) is 34.1. The molecule has 0 aromatic heterocycles. The molecule has 2 heteroatoms. The monoisotopic (exact) mass is 790 g/mol. The first-order valence-corrected chi connectivity index (χ1v) is 21.5. The third-order valence-corrected chi connectivity index (χ3v) is 12.8. The van der Waals surface area contributed by atoms with Gasteiger partial charge in [-0.2, -0.15) is 0 Å². The number of hydrogen-bond donors (Lipinski definition) is 0. The maximum Gasteiger partial charge on any atom is 0.160 e. The van der Waals surface area contributed by atoms with Gasteiger partial charge in [0.1, 0.15) is 0 Å². The van der Waals surface area contributed by atoms with Gasteiger partial charge in [0.2, 0.25) is 0 Å². The van der Waals surface area contributed by atoms with Crippen molar-refractivity contribution in [2.75, 3.05) is 9.80 Å². The van der Waals surface area contributed by atoms with Gasteiger partial charge in [-0.25, -0.2) is 0 Å². The van der Waals surface area contributed by atoms with E-state index >= 15 is 0 Å². The highest BCUT2D eigenvalue weighted by Crippen LogP contribution is 2.47. The number of anilines is 4. The lowest BCUT2D eigenvalue weighted by Crippen LogP contribution is -2.56. The summed E-state index contributed by atoms with van der Waals surface area (Å²) in [6.45, 7) is 0. The van der Waals surface area contributed by atoms with Gasteiger partial charge >= 0.3 is 0 Å². The number of para-hydroxylation sites is 2. The molecule has 1 aliphatic carbocycles. The molecule has 0 saturated heterocycles. The molecule has 0 atom stereocenters. The van der Waals surface area contributed by atoms with E-state index in [2.05, 4.69) is 259 Å². The van der Waals surface area contributed by atoms with Crippen molar-refractivity contribution >= 4 is 87.4 Å². The predicted octanol–water partition coefficient (Wildman–Crippen LogP) is 16.2. The number of fused-ring (bicyclic) bond motifs is 6. The summed E-state index contributed by atoms with van der Waals surface area (Å²) in [4.78, 5) is 5.05. The Kier molecular flexibility index (Phi) is 8.50. The fourth-order valence-corrected chi connectivity index (χ4v) is 9.82. The second-order valence-corrected chi connectivity index (χ2v) is 16.6. The van der Waals surface area contributed by atoms with Crippen LogP contribution in [0.25, 0.3) is 64.6 Å². The van der Waals surface area contributed by atoms with Gasteiger partial charge in [0, 0.05) is 28.7 Å². The van der Waals surface area contributed by atoms with Gasteiger partial charge in [-0.15, -0.1) is 0 Å². The molecule has 12 rings (SSSR count). The Balaban J connectivity index is 1.10. The van der Waals surface area contributed by atoms with Crippen LogP contribution < -0.4 is 9.80 Å². The van der Waals surface area contributed by atoms with Gasteiger partial charge in [0.05, 0.1) is 0 Å². The highest BCUT2D eigenvalue weighted by molar-refractivity contribution is 6.07. The number of rotatable bonds is 7. The third kappa shape index (κ3) is 6.19. The molecule has 0 aliphatic heterocycles. The highest BCUT2D eigenvalue weighted by atomic mass is 15.4. The molecule has 0 spiro atoms. The zero-order chi connectivity index (χ0) is 41.0. The highest BCUT2D eigenvalue weighted by Gasteiger charge is 2.42. The van der Waals surface area contributed by atoms with Gasteiger partial charge in [0.25, 0.3) is 0 Å². The van der Waals surface area contributed by atoms with Crippen LogP contribution in [0.15, 0.2) is 249 Å². The van der Waals surface area contributed by atoms with Crippen molar-refractivity contribution in [1.29, 1.82) is 0 Å². The molecule has 2 nitrogen and oxygen atoms in total. The Bertz CT molecular complexity index is 3320. The molecule has 0 fully saturated rings. The Hall–Kier alpha value is -7.94. The third-order valence-electron chi connectivity index (χ3n) is 12.8. The largest absolute Gasteiger partial charge is 0.311 e. The summed E-state index contributed by atoms with van der Waals surface area (Å²) in [5.74, 6) is 0.121. The summed E-state index contributed by atoms with van der Waals surface area (Å²) in [5.41, 5.74) is 4.81. The summed E-state index contributed by atoms with van der Waals surface area (Å²) >= 11 is 0. The van der Waals surface area contributed by atoms with Crippen LogP contribution in [-0.4, -0.2) is 5.66 Å². The van der Waals surface area contributed by atoms with E-state index in [9.17, 15) is 0 Å². The van der Waals surface area contributed by atoms with E-state index in [4.69, 9.17) is 0 Å². The van der Waals surface area contributed by atoms with Crippen LogP contribution in [0.4, 0.5) is 22.7 Å². The van der Waals surface area contributed by atoms with Gasteiger partial charge in [-0.05, 0) is 179 Å². The fraction of sp³-hybridized carbons (Fsp3) is 0.0333. The molecule has 11 aromatic rings. The Morgan fingerprint density at radius 1 is 0.258 bits per heavy atom. The fourth-order valence-electron chi connectivity index (χ4n) is 9.82. The first kappa shape index (κ1) is 36.0. The molecule has 0 N–H and O–H groups in total. The smallest absolute Gasteiger partial charge is 0.160 e. The van der Waals surface area contributed by atoms with Crippen LogP contribution in [0, 0.1) is 0 Å². The summed E-state index contributed by atoms with van der Waals surface area (Å²) < 4.78 is 0. The molecule has 0 radical (unpaired) electrons. The van der Waals surface area contributed by atoms with E-state index in [1.807, 2.05) is 0 Å². The van der Waals surface area contributed by atoms with E-state index < -0.39 is 5.66 Å². The SMILES string of the molecule is C1=CC(N(c2ccccc2)c2ccc3cc4cc5ccccc5cc4cc3c2)(N(c2ccccc2)c2ccc3cc4cc5ccccc5cc4cc3c2)C=CC1c1ccccc1. The number of benzene rings is 11. The first-order chi connectivity index (χ1) is 30.6. The lowest BCUT2D eigenvalue weighted by atomic mass is 9.87. The van der Waals surface area contributed by atoms with Crippen molar-refractivity contribution in [3.8, 4) is 0 Å². The van der Waals surface area contributed by atoms with Gasteiger partial charge < -0.3 is 9.80 Å². The minimum atomic E-state index is -0.824. The van der Waals surface area contributed by atoms with Crippen molar-refractivity contribution < 1.29 is 0 Å². The average molecular weight is 791 g/mol. The summed E-state index contributed by atoms with van der Waals surface area (Å²) in [7, 11) is 0. The van der Waals surface area contributed by atoms with Gasteiger partial charge in [-0.1, -0.05) is 140 Å². The first-order valence-electron chi connectivity index (χ1n) is 21.5. The molecule has 0 heterocycles. The topological polar surface area (TPSA) is 6.48 Å². The lowest BCUT2D eigenvalue weighted by molar-refractivity contribution is 0.626. The van der Waals surface area contributed by atoms with Crippen molar-refractivity contribution in [1.82, 2.24) is 0 Å². The summed E-state index contributed by atoms with van der Waals surface area (Å²) in [5, 5.41) is 14.8. The van der Waals surface area contributed by atoms with Crippen LogP contribution in [0.1, 0.15) is 11.5 Å².